The first-order valence-electron chi connectivity index (χ1n) is 7.16. The second-order valence-electron chi connectivity index (χ2n) is 5.43. The summed E-state index contributed by atoms with van der Waals surface area (Å²) in [5.74, 6) is 0.842. The second kappa shape index (κ2) is 5.61. The number of fused-ring (bicyclic) bond motifs is 1. The highest BCUT2D eigenvalue weighted by Crippen LogP contribution is 2.22. The van der Waals surface area contributed by atoms with Crippen LogP contribution in [0.4, 0.5) is 5.95 Å². The third kappa shape index (κ3) is 2.64. The van der Waals surface area contributed by atoms with Crippen molar-refractivity contribution in [3.05, 3.63) is 23.8 Å². The summed E-state index contributed by atoms with van der Waals surface area (Å²) in [5.41, 5.74) is 7.12. The molecule has 1 unspecified atom stereocenters. The van der Waals surface area contributed by atoms with Crippen molar-refractivity contribution in [3.8, 4) is 0 Å². The fraction of sp³-hybridized carbons (Fsp3) is 0.429. The molecule has 2 aromatic rings. The van der Waals surface area contributed by atoms with Crippen LogP contribution in [0.3, 0.4) is 0 Å². The molecule has 0 amide bonds. The number of amidine groups is 1. The maximum absolute atomic E-state index is 10.3. The van der Waals surface area contributed by atoms with Crippen LogP contribution in [0.15, 0.2) is 18.2 Å². The smallest absolute Gasteiger partial charge is 0.237 e. The monoisotopic (exact) mass is 288 g/mol. The number of nitrogens with zero attached hydrogens (tertiary/aromatic N) is 2. The van der Waals surface area contributed by atoms with Crippen LogP contribution < -0.4 is 16.4 Å². The van der Waals surface area contributed by atoms with Crippen LogP contribution in [0.1, 0.15) is 18.4 Å². The molecule has 7 nitrogen and oxygen atoms in total. The third-order valence-electron chi connectivity index (χ3n) is 3.89. The van der Waals surface area contributed by atoms with E-state index in [1.54, 1.807) is 18.2 Å². The molecule has 0 spiro atoms. The molecule has 6 N–H and O–H groups in total. The quantitative estimate of drug-likeness (QED) is 0.327. The Morgan fingerprint density at radius 2 is 2.43 bits per heavy atom. The van der Waals surface area contributed by atoms with E-state index in [-0.39, 0.29) is 5.84 Å². The van der Waals surface area contributed by atoms with Gasteiger partial charge in [0.1, 0.15) is 11.4 Å². The minimum Gasteiger partial charge on any atom is -0.425 e. The van der Waals surface area contributed by atoms with Gasteiger partial charge in [0.05, 0.1) is 5.52 Å². The number of rotatable bonds is 4. The fourth-order valence-electron chi connectivity index (χ4n) is 2.78. The summed E-state index contributed by atoms with van der Waals surface area (Å²) in [6.45, 7) is 2.82. The van der Waals surface area contributed by atoms with Crippen LogP contribution >= 0.6 is 0 Å². The number of para-hydroxylation sites is 1. The number of nitrogens with two attached hydrogens (primary N) is 1. The van der Waals surface area contributed by atoms with Gasteiger partial charge in [-0.15, -0.1) is 4.73 Å². The van der Waals surface area contributed by atoms with E-state index >= 15 is 0 Å². The Morgan fingerprint density at radius 3 is 3.14 bits per heavy atom. The van der Waals surface area contributed by atoms with Crippen molar-refractivity contribution in [1.29, 1.82) is 5.41 Å². The van der Waals surface area contributed by atoms with Gasteiger partial charge in [-0.3, -0.25) is 5.41 Å². The number of piperidine rings is 1. The van der Waals surface area contributed by atoms with Gasteiger partial charge in [-0.2, -0.15) is 0 Å². The van der Waals surface area contributed by atoms with E-state index in [1.807, 2.05) is 0 Å². The first-order chi connectivity index (χ1) is 10.2. The first-order valence-corrected chi connectivity index (χ1v) is 7.16. The van der Waals surface area contributed by atoms with Crippen LogP contribution in [0.5, 0.6) is 0 Å². The van der Waals surface area contributed by atoms with Gasteiger partial charge in [0.15, 0.2) is 0 Å². The number of anilines is 1. The molecule has 1 atom stereocenters. The number of hydrogen-bond donors (Lipinski definition) is 5. The molecule has 0 bridgehead atoms. The molecule has 1 fully saturated rings. The van der Waals surface area contributed by atoms with Gasteiger partial charge in [0.2, 0.25) is 5.95 Å². The van der Waals surface area contributed by atoms with E-state index < -0.39 is 0 Å². The van der Waals surface area contributed by atoms with Crippen LogP contribution in [0.25, 0.3) is 11.0 Å². The van der Waals surface area contributed by atoms with E-state index in [0.29, 0.717) is 28.5 Å². The van der Waals surface area contributed by atoms with Crippen molar-refractivity contribution in [2.24, 2.45) is 11.7 Å². The molecule has 3 rings (SSSR count). The van der Waals surface area contributed by atoms with E-state index in [4.69, 9.17) is 11.1 Å². The first kappa shape index (κ1) is 13.7. The van der Waals surface area contributed by atoms with Crippen LogP contribution in [-0.2, 0) is 0 Å². The zero-order valence-corrected chi connectivity index (χ0v) is 11.8. The lowest BCUT2D eigenvalue weighted by atomic mass is 10.00. The molecule has 1 saturated heterocycles. The average Bonchev–Trinajstić information content (AvgIpc) is 2.83. The number of nitrogen functional groups attached to an aromatic ring is 1. The van der Waals surface area contributed by atoms with Crippen molar-refractivity contribution in [3.63, 3.8) is 0 Å². The lowest BCUT2D eigenvalue weighted by Gasteiger charge is -2.22. The highest BCUT2D eigenvalue weighted by molar-refractivity contribution is 6.06. The Kier molecular flexibility index (Phi) is 3.66. The van der Waals surface area contributed by atoms with Crippen molar-refractivity contribution in [2.45, 2.75) is 12.8 Å². The van der Waals surface area contributed by atoms with Crippen LogP contribution in [0, 0.1) is 11.3 Å². The number of hydrogen-bond acceptors (Lipinski definition) is 5. The predicted molar refractivity (Wildman–Crippen MR) is 82.0 cm³/mol. The summed E-state index contributed by atoms with van der Waals surface area (Å²) < 4.78 is 0.988. The Labute approximate surface area is 122 Å². The lowest BCUT2D eigenvalue weighted by molar-refractivity contribution is 0.203. The molecule has 0 saturated carbocycles. The van der Waals surface area contributed by atoms with E-state index in [0.717, 1.165) is 24.4 Å². The summed E-state index contributed by atoms with van der Waals surface area (Å²) in [6, 6.07) is 5.27. The number of nitrogens with one attached hydrogen (secondary N) is 3. The van der Waals surface area contributed by atoms with E-state index in [9.17, 15) is 5.21 Å². The summed E-state index contributed by atoms with van der Waals surface area (Å²) in [5, 5.41) is 24.4. The van der Waals surface area contributed by atoms with Gasteiger partial charge in [0, 0.05) is 12.1 Å². The second-order valence-corrected chi connectivity index (χ2v) is 5.43. The Bertz CT molecular complexity index is 659. The summed E-state index contributed by atoms with van der Waals surface area (Å²) >= 11 is 0. The highest BCUT2D eigenvalue weighted by Gasteiger charge is 2.17. The molecule has 1 aromatic heterocycles. The Balaban J connectivity index is 1.84. The molecule has 1 aromatic carbocycles. The van der Waals surface area contributed by atoms with Crippen molar-refractivity contribution in [2.75, 3.05) is 25.0 Å². The van der Waals surface area contributed by atoms with Crippen LogP contribution in [0.2, 0.25) is 0 Å². The zero-order valence-electron chi connectivity index (χ0n) is 11.8. The minimum atomic E-state index is -0.0844. The maximum Gasteiger partial charge on any atom is 0.237 e. The normalized spacial score (nSPS) is 18.8. The van der Waals surface area contributed by atoms with E-state index in [1.165, 1.54) is 12.8 Å². The molecule has 0 radical (unpaired) electrons. The van der Waals surface area contributed by atoms with Crippen molar-refractivity contribution in [1.82, 2.24) is 15.0 Å². The molecule has 2 heterocycles. The molecular weight excluding hydrogens is 268 g/mol. The van der Waals surface area contributed by atoms with Gasteiger partial charge >= 0.3 is 0 Å². The molecule has 7 heteroatoms. The van der Waals surface area contributed by atoms with Crippen molar-refractivity contribution >= 4 is 22.8 Å². The summed E-state index contributed by atoms with van der Waals surface area (Å²) in [6.07, 6.45) is 2.35. The maximum atomic E-state index is 10.3. The summed E-state index contributed by atoms with van der Waals surface area (Å²) in [4.78, 5) is 4.37. The van der Waals surface area contributed by atoms with Gasteiger partial charge < -0.3 is 21.6 Å². The number of imidazole rings is 1. The standard InChI is InChI=1S/C14H20N6O/c15-13(16)10-4-1-5-11-12(10)20(21)14(19-11)18-8-9-3-2-6-17-7-9/h1,4-5,9,17,21H,2-3,6-8H2,(H3,15,16)(H,18,19). The Hall–Kier alpha value is -2.28. The zero-order chi connectivity index (χ0) is 14.8. The molecule has 21 heavy (non-hydrogen) atoms. The predicted octanol–water partition coefficient (Wildman–Crippen LogP) is 0.969. The van der Waals surface area contributed by atoms with Gasteiger partial charge in [0.25, 0.3) is 0 Å². The molecule has 1 aliphatic rings. The molecule has 1 aliphatic heterocycles. The molecular formula is C14H20N6O. The minimum absolute atomic E-state index is 0.0844. The van der Waals surface area contributed by atoms with Crippen molar-refractivity contribution < 1.29 is 5.21 Å². The Morgan fingerprint density at radius 1 is 1.57 bits per heavy atom. The lowest BCUT2D eigenvalue weighted by Crippen LogP contribution is -2.33. The largest absolute Gasteiger partial charge is 0.425 e. The van der Waals surface area contributed by atoms with E-state index in [2.05, 4.69) is 15.6 Å². The topological polar surface area (TPSA) is 112 Å². The third-order valence-corrected chi connectivity index (χ3v) is 3.89. The fourth-order valence-corrected chi connectivity index (χ4v) is 2.78. The van der Waals surface area contributed by atoms with Crippen LogP contribution in [-0.4, -0.2) is 40.4 Å². The number of aromatic nitrogens is 2. The van der Waals surface area contributed by atoms with Gasteiger partial charge in [-0.1, -0.05) is 6.07 Å². The molecule has 112 valence electrons. The highest BCUT2D eigenvalue weighted by atomic mass is 16.5. The number of benzene rings is 1. The SMILES string of the molecule is N=C(N)c1cccc2nc(NCC3CCCNC3)n(O)c12. The van der Waals surface area contributed by atoms with Gasteiger partial charge in [-0.25, -0.2) is 4.98 Å². The average molecular weight is 288 g/mol. The van der Waals surface area contributed by atoms with Gasteiger partial charge in [-0.05, 0) is 44.0 Å². The molecule has 0 aliphatic carbocycles. The summed E-state index contributed by atoms with van der Waals surface area (Å²) in [7, 11) is 0.